The molecule has 0 amide bonds. The molecule has 0 unspecified atom stereocenters. The molecule has 0 saturated carbocycles. The highest BCUT2D eigenvalue weighted by Crippen LogP contribution is 2.30. The molecule has 32 heavy (non-hydrogen) atoms. The third-order valence-electron chi connectivity index (χ3n) is 5.57. The Labute approximate surface area is 183 Å². The van der Waals surface area contributed by atoms with Gasteiger partial charge in [-0.2, -0.15) is 0 Å². The lowest BCUT2D eigenvalue weighted by Gasteiger charge is -2.46. The smallest absolute Gasteiger partial charge is 0.187 e. The van der Waals surface area contributed by atoms with Crippen molar-refractivity contribution in [2.75, 3.05) is 6.61 Å². The van der Waals surface area contributed by atoms with Crippen molar-refractivity contribution in [3.8, 4) is 0 Å². The van der Waals surface area contributed by atoms with E-state index in [9.17, 15) is 45.6 Å². The van der Waals surface area contributed by atoms with Gasteiger partial charge >= 0.3 is 0 Å². The third kappa shape index (κ3) is 5.79. The van der Waals surface area contributed by atoms with Crippen molar-refractivity contribution < 1.29 is 69.7 Å². The first-order chi connectivity index (χ1) is 14.9. The van der Waals surface area contributed by atoms with Gasteiger partial charge in [0.25, 0.3) is 0 Å². The fourth-order valence-corrected chi connectivity index (χ4v) is 3.46. The van der Waals surface area contributed by atoms with Crippen molar-refractivity contribution in [1.29, 1.82) is 0 Å². The summed E-state index contributed by atoms with van der Waals surface area (Å²) >= 11 is 0. The minimum atomic E-state index is -2.00. The zero-order chi connectivity index (χ0) is 24.3. The molecule has 2 rings (SSSR count). The summed E-state index contributed by atoms with van der Waals surface area (Å²) < 4.78 is 21.6. The van der Waals surface area contributed by atoms with Crippen LogP contribution in [-0.2, 0) is 23.7 Å². The second-order valence-corrected chi connectivity index (χ2v) is 7.94. The van der Waals surface area contributed by atoms with Crippen LogP contribution in [0.4, 0.5) is 0 Å². The zero-order valence-corrected chi connectivity index (χ0v) is 17.4. The van der Waals surface area contributed by atoms with Crippen molar-refractivity contribution in [2.24, 2.45) is 0 Å². The van der Waals surface area contributed by atoms with Gasteiger partial charge in [0.2, 0.25) is 0 Å². The molecule has 9 N–H and O–H groups in total. The van der Waals surface area contributed by atoms with Crippen molar-refractivity contribution in [2.45, 2.75) is 99.7 Å². The molecule has 0 aromatic rings. The Morgan fingerprint density at radius 1 is 0.844 bits per heavy atom. The highest BCUT2D eigenvalue weighted by molar-refractivity contribution is 5.56. The van der Waals surface area contributed by atoms with E-state index in [0.717, 1.165) is 0 Å². The van der Waals surface area contributed by atoms with E-state index < -0.39 is 92.4 Å². The molecule has 2 heterocycles. The van der Waals surface area contributed by atoms with E-state index in [1.807, 2.05) is 0 Å². The van der Waals surface area contributed by atoms with Crippen LogP contribution < -0.4 is 0 Å². The van der Waals surface area contributed by atoms with E-state index in [4.69, 9.17) is 24.1 Å². The number of carbonyl (C=O) groups is 1. The average Bonchev–Trinajstić information content (AvgIpc) is 2.78. The van der Waals surface area contributed by atoms with Gasteiger partial charge in [-0.3, -0.25) is 0 Å². The van der Waals surface area contributed by atoms with Gasteiger partial charge in [-0.1, -0.05) is 0 Å². The van der Waals surface area contributed by atoms with Crippen LogP contribution >= 0.6 is 0 Å². The van der Waals surface area contributed by atoms with Crippen molar-refractivity contribution in [1.82, 2.24) is 0 Å². The summed E-state index contributed by atoms with van der Waals surface area (Å²) in [4.78, 5) is 11.1. The van der Waals surface area contributed by atoms with Gasteiger partial charge in [0.1, 0.15) is 61.0 Å². The molecule has 14 atom stereocenters. The second kappa shape index (κ2) is 11.5. The highest BCUT2D eigenvalue weighted by Gasteiger charge is 2.51. The lowest BCUT2D eigenvalue weighted by atomic mass is 9.97. The van der Waals surface area contributed by atoms with Gasteiger partial charge in [-0.15, -0.1) is 0 Å². The van der Waals surface area contributed by atoms with Crippen LogP contribution in [0, 0.1) is 0 Å². The number of aldehydes is 1. The van der Waals surface area contributed by atoms with E-state index in [1.54, 1.807) is 0 Å². The molecule has 0 aromatic heterocycles. The van der Waals surface area contributed by atoms with Gasteiger partial charge in [0.15, 0.2) is 18.9 Å². The summed E-state index contributed by atoms with van der Waals surface area (Å²) in [6.07, 6.45) is -22.8. The Balaban J connectivity index is 2.28. The van der Waals surface area contributed by atoms with E-state index in [-0.39, 0.29) is 6.29 Å². The summed E-state index contributed by atoms with van der Waals surface area (Å²) in [5.41, 5.74) is 0. The first-order valence-electron chi connectivity index (χ1n) is 10.1. The van der Waals surface area contributed by atoms with Crippen molar-refractivity contribution in [3.05, 3.63) is 0 Å². The van der Waals surface area contributed by atoms with Gasteiger partial charge in [0.05, 0.1) is 18.8 Å². The maximum atomic E-state index is 11.1. The van der Waals surface area contributed by atoms with Crippen LogP contribution in [0.25, 0.3) is 0 Å². The molecule has 2 aliphatic heterocycles. The van der Waals surface area contributed by atoms with Crippen molar-refractivity contribution >= 4 is 6.29 Å². The van der Waals surface area contributed by atoms with Crippen LogP contribution in [0.3, 0.4) is 0 Å². The number of ether oxygens (including phenoxy) is 4. The summed E-state index contributed by atoms with van der Waals surface area (Å²) in [6.45, 7) is 1.81. The Hall–Kier alpha value is -0.850. The Morgan fingerprint density at radius 3 is 1.91 bits per heavy atom. The molecular weight excluding hydrogens is 440 g/mol. The molecular formula is C18H32O14. The Bertz CT molecular complexity index is 594. The summed E-state index contributed by atoms with van der Waals surface area (Å²) in [7, 11) is 0. The first-order valence-corrected chi connectivity index (χ1v) is 10.1. The number of aliphatic hydroxyl groups excluding tert-OH is 9. The largest absolute Gasteiger partial charge is 0.394 e. The van der Waals surface area contributed by atoms with E-state index in [2.05, 4.69) is 0 Å². The molecule has 188 valence electrons. The van der Waals surface area contributed by atoms with Gasteiger partial charge in [-0.25, -0.2) is 0 Å². The average molecular weight is 472 g/mol. The minimum Gasteiger partial charge on any atom is -0.394 e. The standard InChI is InChI=1S/C18H32O14/c1-5-9(23)12(26)14(28)17(29-5)32-16-13(27)10(24)6(2)30-18(16)31-15(8(22)4-20)11(25)7(21)3-19/h4-19,21-28H,3H2,1-2H3/t5-,6+,7-,8-,9+,10+,11-,12+,13-,14-,15-,16-,17-,18+/m1/s1. The quantitative estimate of drug-likeness (QED) is 0.142. The normalized spacial score (nSPS) is 44.5. The Kier molecular flexibility index (Phi) is 9.87. The summed E-state index contributed by atoms with van der Waals surface area (Å²) in [5, 5.41) is 89.4. The van der Waals surface area contributed by atoms with Crippen LogP contribution in [0.1, 0.15) is 13.8 Å². The lowest BCUT2D eigenvalue weighted by molar-refractivity contribution is -0.371. The SMILES string of the molecule is C[C@@H]1O[C@@H](O[C@@H]([C@H](O)[C@H](O)CO)[C@H](O)C=O)[C@H](O[C@H]2O[C@H](C)[C@H](O)[C@H](O)[C@H]2O)[C@H](O)[C@H]1O. The molecule has 0 bridgehead atoms. The molecule has 2 fully saturated rings. The molecule has 0 radical (unpaired) electrons. The van der Waals surface area contributed by atoms with Gasteiger partial charge < -0.3 is 69.7 Å². The molecule has 2 saturated heterocycles. The predicted molar refractivity (Wildman–Crippen MR) is 99.6 cm³/mol. The Morgan fingerprint density at radius 2 is 1.38 bits per heavy atom. The van der Waals surface area contributed by atoms with Gasteiger partial charge in [-0.05, 0) is 13.8 Å². The topological polar surface area (TPSA) is 236 Å². The molecule has 0 aliphatic carbocycles. The van der Waals surface area contributed by atoms with Crippen molar-refractivity contribution in [3.63, 3.8) is 0 Å². The number of hydrogen-bond donors (Lipinski definition) is 9. The highest BCUT2D eigenvalue weighted by atomic mass is 16.8. The predicted octanol–water partition coefficient (Wildman–Crippen LogP) is -5.68. The fourth-order valence-electron chi connectivity index (χ4n) is 3.46. The fraction of sp³-hybridized carbons (Fsp3) is 0.944. The maximum absolute atomic E-state index is 11.1. The monoisotopic (exact) mass is 472 g/mol. The van der Waals surface area contributed by atoms with E-state index >= 15 is 0 Å². The van der Waals surface area contributed by atoms with E-state index in [0.29, 0.717) is 0 Å². The first kappa shape index (κ1) is 27.4. The van der Waals surface area contributed by atoms with E-state index in [1.165, 1.54) is 13.8 Å². The molecule has 2 aliphatic rings. The van der Waals surface area contributed by atoms with Crippen LogP contribution in [0.15, 0.2) is 0 Å². The molecule has 14 heteroatoms. The number of carbonyl (C=O) groups excluding carboxylic acids is 1. The number of hydrogen-bond acceptors (Lipinski definition) is 14. The minimum absolute atomic E-state index is 0.00119. The maximum Gasteiger partial charge on any atom is 0.187 e. The third-order valence-corrected chi connectivity index (χ3v) is 5.57. The second-order valence-electron chi connectivity index (χ2n) is 7.94. The summed E-state index contributed by atoms with van der Waals surface area (Å²) in [5.74, 6) is 0. The van der Waals surface area contributed by atoms with Gasteiger partial charge in [0, 0.05) is 0 Å². The number of rotatable bonds is 9. The molecule has 0 spiro atoms. The molecule has 0 aromatic carbocycles. The zero-order valence-electron chi connectivity index (χ0n) is 17.4. The van der Waals surface area contributed by atoms with Crippen LogP contribution in [0.2, 0.25) is 0 Å². The number of aliphatic hydroxyl groups is 9. The van der Waals surface area contributed by atoms with Crippen LogP contribution in [0.5, 0.6) is 0 Å². The summed E-state index contributed by atoms with van der Waals surface area (Å²) in [6, 6.07) is 0. The lowest BCUT2D eigenvalue weighted by Crippen LogP contribution is -2.64. The van der Waals surface area contributed by atoms with Crippen LogP contribution in [-0.4, -0.2) is 145 Å². The molecule has 14 nitrogen and oxygen atoms in total.